The van der Waals surface area contributed by atoms with Gasteiger partial charge in [0, 0.05) is 21.7 Å². The average Bonchev–Trinajstić information content (AvgIpc) is 2.54. The molecule has 0 amide bonds. The fraction of sp³-hybridized carbons (Fsp3) is 0. The highest BCUT2D eigenvalue weighted by Gasteiger charge is 2.22. The molecular weight excluding hydrogens is 316 g/mol. The van der Waals surface area contributed by atoms with Gasteiger partial charge in [0.15, 0.2) is 0 Å². The van der Waals surface area contributed by atoms with Gasteiger partial charge < -0.3 is 10.3 Å². The number of aromatic nitrogens is 1. The summed E-state index contributed by atoms with van der Waals surface area (Å²) in [6.07, 6.45) is 1.74. The van der Waals surface area contributed by atoms with Gasteiger partial charge in [-0.05, 0) is 18.2 Å². The number of rotatable bonds is 1. The molecule has 0 radical (unpaired) electrons. The molecule has 3 aromatic rings. The fourth-order valence-corrected chi connectivity index (χ4v) is 3.77. The van der Waals surface area contributed by atoms with Crippen LogP contribution in [0, 0.1) is 0 Å². The molecule has 2 N–H and O–H groups in total. The molecule has 2 aromatic carbocycles. The zero-order valence-electron chi connectivity index (χ0n) is 11.4. The Kier molecular flexibility index (Phi) is 3.21. The van der Waals surface area contributed by atoms with Crippen LogP contribution in [-0.2, 0) is 0 Å². The largest absolute Gasteiger partial charge is 0.353 e. The highest BCUT2D eigenvalue weighted by Crippen LogP contribution is 2.46. The van der Waals surface area contributed by atoms with Gasteiger partial charge in [-0.2, -0.15) is 0 Å². The quantitative estimate of drug-likeness (QED) is 0.522. The summed E-state index contributed by atoms with van der Waals surface area (Å²) < 4.78 is 0. The van der Waals surface area contributed by atoms with Gasteiger partial charge in [0.2, 0.25) is 0 Å². The second-order valence-corrected chi connectivity index (χ2v) is 6.43. The maximum Gasteiger partial charge on any atom is 0.258 e. The standard InChI is InChI=1S/C17H11ClN2OS/c18-11-6-2-1-5-10(11)15-16-14(9-19-17(15)21)22-13-8-4-3-7-12(13)20-16/h1-9,20H,(H,19,21). The summed E-state index contributed by atoms with van der Waals surface area (Å²) in [6.45, 7) is 0. The minimum atomic E-state index is -0.153. The summed E-state index contributed by atoms with van der Waals surface area (Å²) >= 11 is 7.92. The lowest BCUT2D eigenvalue weighted by molar-refractivity contribution is 1.16. The van der Waals surface area contributed by atoms with Crippen molar-refractivity contribution < 1.29 is 0 Å². The SMILES string of the molecule is O=c1[nH]cc2c(c1-c1ccccc1Cl)Nc1ccccc1S2. The molecular formula is C17H11ClN2OS. The smallest absolute Gasteiger partial charge is 0.258 e. The minimum absolute atomic E-state index is 0.153. The Bertz CT molecular complexity index is 936. The third-order valence-electron chi connectivity index (χ3n) is 3.57. The van der Waals surface area contributed by atoms with E-state index in [0.717, 1.165) is 26.7 Å². The summed E-state index contributed by atoms with van der Waals surface area (Å²) in [5, 5.41) is 3.94. The van der Waals surface area contributed by atoms with E-state index >= 15 is 0 Å². The minimum Gasteiger partial charge on any atom is -0.353 e. The van der Waals surface area contributed by atoms with Gasteiger partial charge in [-0.1, -0.05) is 53.7 Å². The Balaban J connectivity index is 1.96. The topological polar surface area (TPSA) is 44.9 Å². The van der Waals surface area contributed by atoms with E-state index in [4.69, 9.17) is 11.6 Å². The Hall–Kier alpha value is -2.17. The van der Waals surface area contributed by atoms with Crippen LogP contribution in [0.15, 0.2) is 69.3 Å². The molecule has 0 saturated carbocycles. The van der Waals surface area contributed by atoms with E-state index in [1.165, 1.54) is 0 Å². The lowest BCUT2D eigenvalue weighted by Crippen LogP contribution is -2.14. The van der Waals surface area contributed by atoms with Crippen molar-refractivity contribution in [2.75, 3.05) is 5.32 Å². The molecule has 1 aliphatic heterocycles. The molecule has 3 nitrogen and oxygen atoms in total. The first-order valence-electron chi connectivity index (χ1n) is 6.78. The van der Waals surface area contributed by atoms with E-state index in [1.54, 1.807) is 24.0 Å². The Morgan fingerprint density at radius 1 is 0.955 bits per heavy atom. The summed E-state index contributed by atoms with van der Waals surface area (Å²) in [4.78, 5) is 17.3. The second-order valence-electron chi connectivity index (χ2n) is 4.94. The maximum absolute atomic E-state index is 12.4. The van der Waals surface area contributed by atoms with Gasteiger partial charge in [-0.25, -0.2) is 0 Å². The van der Waals surface area contributed by atoms with Crippen LogP contribution in [0.5, 0.6) is 0 Å². The average molecular weight is 327 g/mol. The number of pyridine rings is 1. The number of hydrogen-bond donors (Lipinski definition) is 2. The number of anilines is 2. The summed E-state index contributed by atoms with van der Waals surface area (Å²) in [7, 11) is 0. The Morgan fingerprint density at radius 3 is 2.59 bits per heavy atom. The molecule has 4 rings (SSSR count). The van der Waals surface area contributed by atoms with Crippen molar-refractivity contribution in [3.8, 4) is 11.1 Å². The van der Waals surface area contributed by atoms with Crippen molar-refractivity contribution >= 4 is 34.7 Å². The van der Waals surface area contributed by atoms with Crippen LogP contribution < -0.4 is 10.9 Å². The van der Waals surface area contributed by atoms with Crippen molar-refractivity contribution in [3.05, 3.63) is 70.1 Å². The highest BCUT2D eigenvalue weighted by molar-refractivity contribution is 7.99. The molecule has 0 saturated heterocycles. The molecule has 1 aliphatic rings. The van der Waals surface area contributed by atoms with Gasteiger partial charge in [-0.3, -0.25) is 4.79 Å². The van der Waals surface area contributed by atoms with Crippen molar-refractivity contribution in [2.24, 2.45) is 0 Å². The first-order valence-corrected chi connectivity index (χ1v) is 7.98. The predicted octanol–water partition coefficient (Wildman–Crippen LogP) is 4.90. The van der Waals surface area contributed by atoms with Crippen molar-refractivity contribution in [1.29, 1.82) is 0 Å². The molecule has 0 atom stereocenters. The molecule has 5 heteroatoms. The molecule has 108 valence electrons. The molecule has 0 bridgehead atoms. The molecule has 2 heterocycles. The number of nitrogens with one attached hydrogen (secondary N) is 2. The molecule has 22 heavy (non-hydrogen) atoms. The molecule has 0 aliphatic carbocycles. The van der Waals surface area contributed by atoms with Gasteiger partial charge in [0.1, 0.15) is 0 Å². The van der Waals surface area contributed by atoms with E-state index in [2.05, 4.69) is 16.4 Å². The second kappa shape index (κ2) is 5.23. The lowest BCUT2D eigenvalue weighted by atomic mass is 10.1. The van der Waals surface area contributed by atoms with Crippen LogP contribution in [0.3, 0.4) is 0 Å². The van der Waals surface area contributed by atoms with Crippen molar-refractivity contribution in [1.82, 2.24) is 4.98 Å². The molecule has 0 spiro atoms. The van der Waals surface area contributed by atoms with Gasteiger partial charge in [-0.15, -0.1) is 0 Å². The van der Waals surface area contributed by atoms with Gasteiger partial charge in [0.05, 0.1) is 21.8 Å². The number of para-hydroxylation sites is 1. The van der Waals surface area contributed by atoms with Crippen LogP contribution in [0.1, 0.15) is 0 Å². The zero-order chi connectivity index (χ0) is 15.1. The van der Waals surface area contributed by atoms with Crippen LogP contribution in [-0.4, -0.2) is 4.98 Å². The first kappa shape index (κ1) is 13.5. The summed E-state index contributed by atoms with van der Waals surface area (Å²) in [6, 6.07) is 15.4. The number of aromatic amines is 1. The molecule has 1 aromatic heterocycles. The fourth-order valence-electron chi connectivity index (χ4n) is 2.55. The zero-order valence-corrected chi connectivity index (χ0v) is 13.0. The Labute approximate surface area is 136 Å². The normalized spacial score (nSPS) is 12.2. The monoisotopic (exact) mass is 326 g/mol. The maximum atomic E-state index is 12.4. The van der Waals surface area contributed by atoms with E-state index in [0.29, 0.717) is 10.6 Å². The summed E-state index contributed by atoms with van der Waals surface area (Å²) in [5.74, 6) is 0. The van der Waals surface area contributed by atoms with Gasteiger partial charge >= 0.3 is 0 Å². The predicted molar refractivity (Wildman–Crippen MR) is 91.4 cm³/mol. The molecule has 0 unspecified atom stereocenters. The van der Waals surface area contributed by atoms with Crippen LogP contribution >= 0.6 is 23.4 Å². The van der Waals surface area contributed by atoms with E-state index in [9.17, 15) is 4.79 Å². The number of benzene rings is 2. The van der Waals surface area contributed by atoms with Crippen LogP contribution in [0.4, 0.5) is 11.4 Å². The summed E-state index contributed by atoms with van der Waals surface area (Å²) in [5.41, 5.74) is 2.96. The third kappa shape index (κ3) is 2.12. The number of halogens is 1. The van der Waals surface area contributed by atoms with Crippen LogP contribution in [0.25, 0.3) is 11.1 Å². The first-order chi connectivity index (χ1) is 10.7. The Morgan fingerprint density at radius 2 is 1.73 bits per heavy atom. The third-order valence-corrected chi connectivity index (χ3v) is 5.02. The van der Waals surface area contributed by atoms with E-state index < -0.39 is 0 Å². The van der Waals surface area contributed by atoms with Crippen molar-refractivity contribution in [3.63, 3.8) is 0 Å². The van der Waals surface area contributed by atoms with Crippen LogP contribution in [0.2, 0.25) is 5.02 Å². The van der Waals surface area contributed by atoms with E-state index in [-0.39, 0.29) is 5.56 Å². The van der Waals surface area contributed by atoms with Crippen molar-refractivity contribution in [2.45, 2.75) is 9.79 Å². The number of hydrogen-bond acceptors (Lipinski definition) is 3. The molecule has 0 fully saturated rings. The number of fused-ring (bicyclic) bond motifs is 2. The highest BCUT2D eigenvalue weighted by atomic mass is 35.5. The van der Waals surface area contributed by atoms with Gasteiger partial charge in [0.25, 0.3) is 5.56 Å². The van der Waals surface area contributed by atoms with E-state index in [1.807, 2.05) is 36.4 Å². The number of H-pyrrole nitrogens is 1. The lowest BCUT2D eigenvalue weighted by Gasteiger charge is -2.22.